The molecule has 0 aliphatic heterocycles. The summed E-state index contributed by atoms with van der Waals surface area (Å²) in [5.74, 6) is -0.00324. The van der Waals surface area contributed by atoms with Crippen molar-refractivity contribution < 1.29 is 9.90 Å². The van der Waals surface area contributed by atoms with Gasteiger partial charge in [0.05, 0.1) is 17.2 Å². The summed E-state index contributed by atoms with van der Waals surface area (Å²) in [4.78, 5) is 15.8. The normalized spacial score (nSPS) is 11.2. The molecule has 2 aromatic heterocycles. The molecule has 0 saturated heterocycles. The van der Waals surface area contributed by atoms with E-state index < -0.39 is 0 Å². The van der Waals surface area contributed by atoms with Crippen LogP contribution in [0, 0.1) is 6.92 Å². The molecule has 2 aromatic rings. The van der Waals surface area contributed by atoms with Gasteiger partial charge < -0.3 is 10.0 Å². The fourth-order valence-corrected chi connectivity index (χ4v) is 3.26. The monoisotopic (exact) mass is 281 g/mol. The fraction of sp³-hybridized carbons (Fsp3) is 0.538. The predicted octanol–water partition coefficient (Wildman–Crippen LogP) is 1.79. The van der Waals surface area contributed by atoms with Crippen LogP contribution in [0.5, 0.6) is 0 Å². The van der Waals surface area contributed by atoms with E-state index >= 15 is 0 Å². The highest BCUT2D eigenvalue weighted by atomic mass is 32.1. The van der Waals surface area contributed by atoms with Crippen LogP contribution in [0.25, 0.3) is 10.2 Å². The Morgan fingerprint density at radius 3 is 2.84 bits per heavy atom. The fourth-order valence-electron chi connectivity index (χ4n) is 2.17. The molecule has 1 amide bonds. The Bertz CT molecular complexity index is 547. The van der Waals surface area contributed by atoms with Crippen LogP contribution >= 0.6 is 11.3 Å². The van der Waals surface area contributed by atoms with E-state index in [0.717, 1.165) is 22.3 Å². The number of aryl methyl sites for hydroxylation is 2. The SMILES string of the molecule is CCCN(CCO)C(=O)c1cc2c(C)nn(C)c2s1. The second-order valence-corrected chi connectivity index (χ2v) is 5.58. The Morgan fingerprint density at radius 2 is 2.26 bits per heavy atom. The highest BCUT2D eigenvalue weighted by Crippen LogP contribution is 2.28. The van der Waals surface area contributed by atoms with Gasteiger partial charge in [-0.1, -0.05) is 6.92 Å². The van der Waals surface area contributed by atoms with Crippen LogP contribution in [-0.2, 0) is 7.05 Å². The molecule has 0 saturated carbocycles. The van der Waals surface area contributed by atoms with Gasteiger partial charge in [0.1, 0.15) is 4.83 Å². The minimum atomic E-state index is -0.00324. The largest absolute Gasteiger partial charge is 0.395 e. The molecular weight excluding hydrogens is 262 g/mol. The van der Waals surface area contributed by atoms with Crippen LogP contribution in [0.2, 0.25) is 0 Å². The molecule has 0 aliphatic rings. The summed E-state index contributed by atoms with van der Waals surface area (Å²) in [5.41, 5.74) is 0.942. The number of amides is 1. The van der Waals surface area contributed by atoms with Gasteiger partial charge in [-0.05, 0) is 19.4 Å². The number of aliphatic hydroxyl groups excluding tert-OH is 1. The summed E-state index contributed by atoms with van der Waals surface area (Å²) in [7, 11) is 1.89. The average Bonchev–Trinajstić information content (AvgIpc) is 2.91. The Hall–Kier alpha value is -1.40. The molecule has 0 atom stereocenters. The first-order valence-electron chi connectivity index (χ1n) is 6.41. The van der Waals surface area contributed by atoms with Crippen LogP contribution < -0.4 is 0 Å². The summed E-state index contributed by atoms with van der Waals surface area (Å²) < 4.78 is 1.81. The number of hydrogen-bond donors (Lipinski definition) is 1. The molecule has 0 aliphatic carbocycles. The molecule has 2 rings (SSSR count). The Kier molecular flexibility index (Phi) is 4.21. The van der Waals surface area contributed by atoms with E-state index in [1.54, 1.807) is 4.90 Å². The Morgan fingerprint density at radius 1 is 1.53 bits per heavy atom. The molecule has 0 spiro atoms. The van der Waals surface area contributed by atoms with Crippen LogP contribution in [0.1, 0.15) is 28.7 Å². The summed E-state index contributed by atoms with van der Waals surface area (Å²) >= 11 is 1.46. The van der Waals surface area contributed by atoms with E-state index in [1.807, 2.05) is 31.6 Å². The van der Waals surface area contributed by atoms with E-state index in [2.05, 4.69) is 5.10 Å². The summed E-state index contributed by atoms with van der Waals surface area (Å²) in [6.45, 7) is 5.03. The second-order valence-electron chi connectivity index (χ2n) is 4.55. The summed E-state index contributed by atoms with van der Waals surface area (Å²) in [5, 5.41) is 14.4. The number of carbonyl (C=O) groups is 1. The lowest BCUT2D eigenvalue weighted by atomic mass is 10.3. The number of fused-ring (bicyclic) bond motifs is 1. The maximum Gasteiger partial charge on any atom is 0.264 e. The smallest absolute Gasteiger partial charge is 0.264 e. The number of nitrogens with zero attached hydrogens (tertiary/aromatic N) is 3. The van der Waals surface area contributed by atoms with Crippen LogP contribution in [0.15, 0.2) is 6.07 Å². The van der Waals surface area contributed by atoms with Crippen LogP contribution in [0.4, 0.5) is 0 Å². The lowest BCUT2D eigenvalue weighted by molar-refractivity contribution is 0.0727. The van der Waals surface area contributed by atoms with Crippen molar-refractivity contribution in [2.24, 2.45) is 7.05 Å². The zero-order chi connectivity index (χ0) is 14.0. The number of thiophene rings is 1. The van der Waals surface area contributed by atoms with Crippen molar-refractivity contribution in [3.63, 3.8) is 0 Å². The number of rotatable bonds is 5. The molecule has 1 N–H and O–H groups in total. The molecule has 0 radical (unpaired) electrons. The third-order valence-electron chi connectivity index (χ3n) is 3.06. The standard InChI is InChI=1S/C13H19N3O2S/c1-4-5-16(6-7-17)12(18)11-8-10-9(2)14-15(3)13(10)19-11/h8,17H,4-7H2,1-3H3. The molecule has 2 heterocycles. The van der Waals surface area contributed by atoms with E-state index in [9.17, 15) is 4.79 Å². The van der Waals surface area contributed by atoms with Crippen molar-refractivity contribution in [1.82, 2.24) is 14.7 Å². The van der Waals surface area contributed by atoms with Crippen molar-refractivity contribution in [2.75, 3.05) is 19.7 Å². The molecule has 0 bridgehead atoms. The zero-order valence-electron chi connectivity index (χ0n) is 11.5. The van der Waals surface area contributed by atoms with Gasteiger partial charge in [0.15, 0.2) is 0 Å². The molecule has 104 valence electrons. The molecule has 0 fully saturated rings. The molecular formula is C13H19N3O2S. The first kappa shape index (κ1) is 14.0. The lowest BCUT2D eigenvalue weighted by Crippen LogP contribution is -2.33. The van der Waals surface area contributed by atoms with Gasteiger partial charge in [0.2, 0.25) is 0 Å². The van der Waals surface area contributed by atoms with Crippen molar-refractivity contribution in [3.8, 4) is 0 Å². The van der Waals surface area contributed by atoms with E-state index in [1.165, 1.54) is 11.3 Å². The highest BCUT2D eigenvalue weighted by Gasteiger charge is 2.19. The third kappa shape index (κ3) is 2.64. The number of carbonyl (C=O) groups excluding carboxylic acids is 1. The van der Waals surface area contributed by atoms with Gasteiger partial charge in [-0.3, -0.25) is 9.48 Å². The molecule has 0 aromatic carbocycles. The highest BCUT2D eigenvalue weighted by molar-refractivity contribution is 7.20. The molecule has 19 heavy (non-hydrogen) atoms. The van der Waals surface area contributed by atoms with Gasteiger partial charge in [-0.25, -0.2) is 0 Å². The Balaban J connectivity index is 2.32. The van der Waals surface area contributed by atoms with Crippen LogP contribution in [0.3, 0.4) is 0 Å². The quantitative estimate of drug-likeness (QED) is 0.909. The number of aromatic nitrogens is 2. The van der Waals surface area contributed by atoms with Crippen molar-refractivity contribution in [1.29, 1.82) is 0 Å². The van der Waals surface area contributed by atoms with Gasteiger partial charge >= 0.3 is 0 Å². The second kappa shape index (κ2) is 5.71. The van der Waals surface area contributed by atoms with Crippen molar-refractivity contribution >= 4 is 27.5 Å². The minimum Gasteiger partial charge on any atom is -0.395 e. The maximum atomic E-state index is 12.4. The Labute approximate surface area is 116 Å². The number of aliphatic hydroxyl groups is 1. The maximum absolute atomic E-state index is 12.4. The lowest BCUT2D eigenvalue weighted by Gasteiger charge is -2.19. The first-order valence-corrected chi connectivity index (χ1v) is 7.23. The summed E-state index contributed by atoms with van der Waals surface area (Å²) in [6, 6.07) is 1.91. The van der Waals surface area contributed by atoms with Gasteiger partial charge in [0, 0.05) is 25.5 Å². The van der Waals surface area contributed by atoms with Crippen molar-refractivity contribution in [2.45, 2.75) is 20.3 Å². The first-order chi connectivity index (χ1) is 9.08. The minimum absolute atomic E-state index is 0.00276. The average molecular weight is 281 g/mol. The molecule has 6 heteroatoms. The van der Waals surface area contributed by atoms with E-state index in [-0.39, 0.29) is 12.5 Å². The van der Waals surface area contributed by atoms with Crippen molar-refractivity contribution in [3.05, 3.63) is 16.6 Å². The zero-order valence-corrected chi connectivity index (χ0v) is 12.3. The number of hydrogen-bond acceptors (Lipinski definition) is 4. The van der Waals surface area contributed by atoms with Gasteiger partial charge in [0.25, 0.3) is 5.91 Å². The topological polar surface area (TPSA) is 58.4 Å². The van der Waals surface area contributed by atoms with E-state index in [0.29, 0.717) is 18.0 Å². The molecule has 0 unspecified atom stereocenters. The van der Waals surface area contributed by atoms with Crippen LogP contribution in [-0.4, -0.2) is 45.4 Å². The third-order valence-corrected chi connectivity index (χ3v) is 4.25. The van der Waals surface area contributed by atoms with Gasteiger partial charge in [-0.2, -0.15) is 5.10 Å². The molecule has 5 nitrogen and oxygen atoms in total. The van der Waals surface area contributed by atoms with E-state index in [4.69, 9.17) is 5.11 Å². The van der Waals surface area contributed by atoms with Gasteiger partial charge in [-0.15, -0.1) is 11.3 Å². The predicted molar refractivity (Wildman–Crippen MR) is 76.6 cm³/mol. The summed E-state index contributed by atoms with van der Waals surface area (Å²) in [6.07, 6.45) is 0.886.